The Labute approximate surface area is 231 Å². The number of hydrogen-bond donors (Lipinski definition) is 1. The maximum Gasteiger partial charge on any atom is 0.171 e. The Hall–Kier alpha value is -3.25. The molecule has 0 spiro atoms. The maximum absolute atomic E-state index is 13.5. The number of benzene rings is 3. The SMILES string of the molecule is Fc1cccc(CC2=NC[C@H](CCCCN3C[C@H](Cc4ccccc4)N(CCc4ccccc4)C3=S)N2)c1. The molecule has 198 valence electrons. The molecule has 38 heavy (non-hydrogen) atoms. The topological polar surface area (TPSA) is 30.9 Å². The van der Waals surface area contributed by atoms with E-state index in [0.29, 0.717) is 18.5 Å². The first-order chi connectivity index (χ1) is 18.6. The van der Waals surface area contributed by atoms with Crippen LogP contribution in [0.4, 0.5) is 4.39 Å². The number of nitrogens with zero attached hydrogens (tertiary/aromatic N) is 3. The van der Waals surface area contributed by atoms with Gasteiger partial charge in [0.2, 0.25) is 0 Å². The van der Waals surface area contributed by atoms with Crippen LogP contribution in [0.25, 0.3) is 0 Å². The average molecular weight is 529 g/mol. The summed E-state index contributed by atoms with van der Waals surface area (Å²) in [5.74, 6) is 0.779. The zero-order chi connectivity index (χ0) is 26.2. The summed E-state index contributed by atoms with van der Waals surface area (Å²) in [5.41, 5.74) is 3.68. The highest BCUT2D eigenvalue weighted by Crippen LogP contribution is 2.22. The number of rotatable bonds is 12. The molecule has 2 heterocycles. The van der Waals surface area contributed by atoms with Crippen LogP contribution in [0.15, 0.2) is 89.9 Å². The highest BCUT2D eigenvalue weighted by atomic mass is 32.1. The summed E-state index contributed by atoms with van der Waals surface area (Å²) in [4.78, 5) is 9.54. The Morgan fingerprint density at radius 2 is 1.61 bits per heavy atom. The highest BCUT2D eigenvalue weighted by molar-refractivity contribution is 7.80. The van der Waals surface area contributed by atoms with Crippen LogP contribution in [-0.2, 0) is 19.3 Å². The van der Waals surface area contributed by atoms with E-state index in [1.807, 2.05) is 6.07 Å². The molecule has 6 heteroatoms. The summed E-state index contributed by atoms with van der Waals surface area (Å²) in [7, 11) is 0. The van der Waals surface area contributed by atoms with Gasteiger partial charge in [0.1, 0.15) is 11.7 Å². The largest absolute Gasteiger partial charge is 0.369 e. The Morgan fingerprint density at radius 1 is 0.868 bits per heavy atom. The van der Waals surface area contributed by atoms with Crippen molar-refractivity contribution in [3.05, 3.63) is 107 Å². The standard InChI is InChI=1S/C32H37FN4S/c33-28-15-9-14-27(20-28)22-31-34-23-29(35-31)16-7-8-18-36-24-30(21-26-12-5-2-6-13-26)37(32(36)38)19-17-25-10-3-1-4-11-25/h1-6,9-15,20,29-30H,7-8,16-19,21-24H2,(H,34,35)/t29-,30-/m0/s1. The summed E-state index contributed by atoms with van der Waals surface area (Å²) >= 11 is 6.01. The van der Waals surface area contributed by atoms with Crippen molar-refractivity contribution in [1.29, 1.82) is 0 Å². The van der Waals surface area contributed by atoms with Crippen molar-refractivity contribution in [2.24, 2.45) is 4.99 Å². The molecular weight excluding hydrogens is 491 g/mol. The fourth-order valence-corrected chi connectivity index (χ4v) is 5.95. The van der Waals surface area contributed by atoms with E-state index in [4.69, 9.17) is 12.2 Å². The van der Waals surface area contributed by atoms with Crippen molar-refractivity contribution < 1.29 is 4.39 Å². The van der Waals surface area contributed by atoms with Crippen molar-refractivity contribution >= 4 is 23.2 Å². The minimum atomic E-state index is -0.192. The van der Waals surface area contributed by atoms with Crippen LogP contribution >= 0.6 is 12.2 Å². The summed E-state index contributed by atoms with van der Waals surface area (Å²) in [5, 5.41) is 4.55. The van der Waals surface area contributed by atoms with Crippen molar-refractivity contribution in [2.75, 3.05) is 26.2 Å². The van der Waals surface area contributed by atoms with Crippen LogP contribution in [0.2, 0.25) is 0 Å². The average Bonchev–Trinajstić information content (AvgIpc) is 3.50. The monoisotopic (exact) mass is 528 g/mol. The van der Waals surface area contributed by atoms with Gasteiger partial charge in [0.15, 0.2) is 5.11 Å². The zero-order valence-electron chi connectivity index (χ0n) is 21.9. The molecule has 2 atom stereocenters. The van der Waals surface area contributed by atoms with E-state index in [1.54, 1.807) is 12.1 Å². The lowest BCUT2D eigenvalue weighted by Gasteiger charge is -2.26. The molecule has 1 saturated heterocycles. The van der Waals surface area contributed by atoms with Crippen LogP contribution in [0.3, 0.4) is 0 Å². The maximum atomic E-state index is 13.5. The third kappa shape index (κ3) is 7.19. The normalized spacial score (nSPS) is 19.1. The molecule has 4 nitrogen and oxygen atoms in total. The summed E-state index contributed by atoms with van der Waals surface area (Å²) in [6.45, 7) is 3.74. The van der Waals surface area contributed by atoms with Gasteiger partial charge in [-0.05, 0) is 73.1 Å². The lowest BCUT2D eigenvalue weighted by Crippen LogP contribution is -2.37. The van der Waals surface area contributed by atoms with Gasteiger partial charge >= 0.3 is 0 Å². The van der Waals surface area contributed by atoms with Gasteiger partial charge in [-0.25, -0.2) is 4.39 Å². The molecule has 0 saturated carbocycles. The number of hydrogen-bond acceptors (Lipinski definition) is 3. The number of halogens is 1. The van der Waals surface area contributed by atoms with Crippen LogP contribution in [-0.4, -0.2) is 59.0 Å². The molecule has 0 radical (unpaired) electrons. The smallest absolute Gasteiger partial charge is 0.171 e. The van der Waals surface area contributed by atoms with Gasteiger partial charge in [-0.3, -0.25) is 4.99 Å². The number of amidine groups is 1. The van der Waals surface area contributed by atoms with E-state index in [9.17, 15) is 4.39 Å². The third-order valence-corrected chi connectivity index (χ3v) is 8.04. The summed E-state index contributed by atoms with van der Waals surface area (Å²) in [6.07, 6.45) is 6.02. The molecule has 2 aliphatic heterocycles. The van der Waals surface area contributed by atoms with E-state index in [0.717, 1.165) is 74.8 Å². The molecule has 3 aromatic carbocycles. The van der Waals surface area contributed by atoms with E-state index in [1.165, 1.54) is 17.2 Å². The van der Waals surface area contributed by atoms with E-state index >= 15 is 0 Å². The molecular formula is C32H37FN4S. The summed E-state index contributed by atoms with van der Waals surface area (Å²) in [6, 6.07) is 29.0. The number of nitrogens with one attached hydrogen (secondary N) is 1. The fraction of sp³-hybridized carbons (Fsp3) is 0.375. The Bertz CT molecular complexity index is 1220. The van der Waals surface area contributed by atoms with Crippen molar-refractivity contribution in [3.63, 3.8) is 0 Å². The lowest BCUT2D eigenvalue weighted by molar-refractivity contribution is 0.341. The third-order valence-electron chi connectivity index (χ3n) is 7.55. The van der Waals surface area contributed by atoms with Crippen LogP contribution in [0.5, 0.6) is 0 Å². The van der Waals surface area contributed by atoms with E-state index in [2.05, 4.69) is 80.8 Å². The van der Waals surface area contributed by atoms with Gasteiger partial charge in [-0.1, -0.05) is 72.8 Å². The molecule has 3 aromatic rings. The van der Waals surface area contributed by atoms with Crippen molar-refractivity contribution in [3.8, 4) is 0 Å². The first-order valence-corrected chi connectivity index (χ1v) is 14.2. The molecule has 0 bridgehead atoms. The van der Waals surface area contributed by atoms with Gasteiger partial charge in [0, 0.05) is 32.1 Å². The lowest BCUT2D eigenvalue weighted by atomic mass is 10.0. The second-order valence-electron chi connectivity index (χ2n) is 10.4. The first-order valence-electron chi connectivity index (χ1n) is 13.8. The minimum Gasteiger partial charge on any atom is -0.369 e. The van der Waals surface area contributed by atoms with Gasteiger partial charge in [-0.15, -0.1) is 0 Å². The molecule has 5 rings (SSSR count). The summed E-state index contributed by atoms with van der Waals surface area (Å²) < 4.78 is 13.5. The number of thiocarbonyl (C=S) groups is 1. The van der Waals surface area contributed by atoms with Gasteiger partial charge < -0.3 is 15.1 Å². The molecule has 0 aliphatic carbocycles. The van der Waals surface area contributed by atoms with E-state index in [-0.39, 0.29) is 5.82 Å². The molecule has 0 unspecified atom stereocenters. The van der Waals surface area contributed by atoms with Crippen LogP contribution in [0.1, 0.15) is 36.0 Å². The first kappa shape index (κ1) is 26.4. The second-order valence-corrected chi connectivity index (χ2v) is 10.8. The Morgan fingerprint density at radius 3 is 2.37 bits per heavy atom. The number of aliphatic imine (C=N–C) groups is 1. The van der Waals surface area contributed by atoms with Gasteiger partial charge in [0.25, 0.3) is 0 Å². The zero-order valence-corrected chi connectivity index (χ0v) is 22.8. The van der Waals surface area contributed by atoms with E-state index < -0.39 is 0 Å². The Balaban J connectivity index is 1.09. The highest BCUT2D eigenvalue weighted by Gasteiger charge is 2.33. The fourth-order valence-electron chi connectivity index (χ4n) is 5.54. The van der Waals surface area contributed by atoms with Gasteiger partial charge in [0.05, 0.1) is 12.6 Å². The van der Waals surface area contributed by atoms with Crippen LogP contribution in [0, 0.1) is 5.82 Å². The molecule has 1 fully saturated rings. The minimum absolute atomic E-state index is 0.192. The van der Waals surface area contributed by atoms with Crippen LogP contribution < -0.4 is 5.32 Å². The second kappa shape index (κ2) is 13.0. The predicted octanol–water partition coefficient (Wildman–Crippen LogP) is 5.67. The quantitative estimate of drug-likeness (QED) is 0.243. The molecule has 0 amide bonds. The molecule has 2 aliphatic rings. The molecule has 0 aromatic heterocycles. The number of unbranched alkanes of at least 4 members (excludes halogenated alkanes) is 1. The Kier molecular flexibility index (Phi) is 9.02. The van der Waals surface area contributed by atoms with Crippen molar-refractivity contribution in [1.82, 2.24) is 15.1 Å². The predicted molar refractivity (Wildman–Crippen MR) is 158 cm³/mol. The van der Waals surface area contributed by atoms with Gasteiger partial charge in [-0.2, -0.15) is 0 Å². The molecule has 1 N–H and O–H groups in total. The van der Waals surface area contributed by atoms with Crippen molar-refractivity contribution in [2.45, 2.75) is 50.6 Å².